The molecular formula is C15H22N4OS. The third-order valence-corrected chi connectivity index (χ3v) is 4.76. The lowest BCUT2D eigenvalue weighted by molar-refractivity contribution is 0.0914. The maximum atomic E-state index is 12.5. The minimum Gasteiger partial charge on any atom is -0.397 e. The van der Waals surface area contributed by atoms with Crippen LogP contribution in [0.5, 0.6) is 0 Å². The number of nitrogens with zero attached hydrogens (tertiary/aromatic N) is 2. The van der Waals surface area contributed by atoms with Gasteiger partial charge >= 0.3 is 0 Å². The van der Waals surface area contributed by atoms with Crippen molar-refractivity contribution in [3.05, 3.63) is 16.1 Å². The van der Waals surface area contributed by atoms with E-state index in [9.17, 15) is 4.79 Å². The Labute approximate surface area is 128 Å². The zero-order valence-electron chi connectivity index (χ0n) is 13.2. The van der Waals surface area contributed by atoms with Gasteiger partial charge in [0.1, 0.15) is 9.71 Å². The molecule has 0 saturated heterocycles. The molecule has 0 fully saturated rings. The first-order valence-electron chi connectivity index (χ1n) is 7.11. The second kappa shape index (κ2) is 5.60. The lowest BCUT2D eigenvalue weighted by atomic mass is 9.99. The molecule has 0 saturated carbocycles. The molecule has 2 heterocycles. The van der Waals surface area contributed by atoms with Crippen molar-refractivity contribution in [1.82, 2.24) is 15.5 Å². The normalized spacial score (nSPS) is 11.9. The summed E-state index contributed by atoms with van der Waals surface area (Å²) < 4.78 is 0. The molecule has 5 nitrogen and oxygen atoms in total. The number of fused-ring (bicyclic) bond motifs is 1. The summed E-state index contributed by atoms with van der Waals surface area (Å²) in [5.74, 6) is -0.133. The summed E-state index contributed by atoms with van der Waals surface area (Å²) >= 11 is 1.30. The van der Waals surface area contributed by atoms with Gasteiger partial charge in [-0.2, -0.15) is 5.10 Å². The molecule has 0 aliphatic heterocycles. The highest BCUT2D eigenvalue weighted by atomic mass is 32.1. The van der Waals surface area contributed by atoms with Gasteiger partial charge in [-0.15, -0.1) is 16.4 Å². The molecule has 0 aliphatic rings. The lowest BCUT2D eigenvalue weighted by Gasteiger charge is -2.25. The van der Waals surface area contributed by atoms with E-state index < -0.39 is 0 Å². The number of amides is 1. The van der Waals surface area contributed by atoms with E-state index in [1.54, 1.807) is 0 Å². The third kappa shape index (κ3) is 3.00. The van der Waals surface area contributed by atoms with Gasteiger partial charge in [0.2, 0.25) is 0 Å². The zero-order chi connectivity index (χ0) is 15.8. The first-order valence-corrected chi connectivity index (χ1v) is 7.93. The van der Waals surface area contributed by atoms with Gasteiger partial charge in [-0.3, -0.25) is 4.79 Å². The average Bonchev–Trinajstić information content (AvgIpc) is 2.71. The van der Waals surface area contributed by atoms with Crippen molar-refractivity contribution in [3.8, 4) is 0 Å². The van der Waals surface area contributed by atoms with Crippen LogP contribution in [-0.2, 0) is 0 Å². The summed E-state index contributed by atoms with van der Waals surface area (Å²) in [6, 6.07) is 0. The summed E-state index contributed by atoms with van der Waals surface area (Å²) in [6.45, 7) is 9.99. The average molecular weight is 306 g/mol. The minimum absolute atomic E-state index is 0.133. The summed E-state index contributed by atoms with van der Waals surface area (Å²) in [5, 5.41) is 12.1. The van der Waals surface area contributed by atoms with Gasteiger partial charge in [-0.05, 0) is 39.7 Å². The van der Waals surface area contributed by atoms with Gasteiger partial charge in [-0.1, -0.05) is 13.3 Å². The van der Waals surface area contributed by atoms with E-state index >= 15 is 0 Å². The number of aryl methyl sites for hydroxylation is 2. The number of aromatic nitrogens is 2. The van der Waals surface area contributed by atoms with Crippen molar-refractivity contribution < 1.29 is 4.79 Å². The van der Waals surface area contributed by atoms with Crippen LogP contribution in [0.15, 0.2) is 0 Å². The van der Waals surface area contributed by atoms with Crippen LogP contribution in [0.3, 0.4) is 0 Å². The Morgan fingerprint density at radius 2 is 2.00 bits per heavy atom. The van der Waals surface area contributed by atoms with E-state index in [0.717, 1.165) is 29.5 Å². The summed E-state index contributed by atoms with van der Waals surface area (Å²) in [5.41, 5.74) is 8.27. The Morgan fingerprint density at radius 1 is 1.33 bits per heavy atom. The molecular weight excluding hydrogens is 284 g/mol. The molecule has 2 rings (SSSR count). The highest BCUT2D eigenvalue weighted by Gasteiger charge is 2.25. The van der Waals surface area contributed by atoms with E-state index in [0.29, 0.717) is 15.4 Å². The molecule has 3 N–H and O–H groups in total. The van der Waals surface area contributed by atoms with E-state index in [2.05, 4.69) is 22.4 Å². The van der Waals surface area contributed by atoms with Crippen molar-refractivity contribution in [2.75, 3.05) is 5.73 Å². The molecule has 1 amide bonds. The van der Waals surface area contributed by atoms with Crippen LogP contribution < -0.4 is 11.1 Å². The van der Waals surface area contributed by atoms with Gasteiger partial charge in [0.15, 0.2) is 0 Å². The van der Waals surface area contributed by atoms with E-state index in [1.807, 2.05) is 27.7 Å². The quantitative estimate of drug-likeness (QED) is 0.909. The smallest absolute Gasteiger partial charge is 0.263 e. The number of carbonyl (C=O) groups is 1. The van der Waals surface area contributed by atoms with Gasteiger partial charge in [0.25, 0.3) is 5.91 Å². The standard InChI is InChI=1S/C15H22N4OS/c1-6-7-15(4,5)17-13(20)12-11(16)10-8(2)9(3)18-19-14(10)21-12/h6-7,16H2,1-5H3,(H,17,20). The van der Waals surface area contributed by atoms with Crippen molar-refractivity contribution in [2.24, 2.45) is 0 Å². The number of anilines is 1. The molecule has 0 bridgehead atoms. The third-order valence-electron chi connectivity index (χ3n) is 3.67. The molecule has 2 aromatic heterocycles. The van der Waals surface area contributed by atoms with Crippen molar-refractivity contribution in [3.63, 3.8) is 0 Å². The second-order valence-corrected chi connectivity index (χ2v) is 7.02. The SMILES string of the molecule is CCCC(C)(C)NC(=O)c1sc2nnc(C)c(C)c2c1N. The van der Waals surface area contributed by atoms with Gasteiger partial charge in [-0.25, -0.2) is 0 Å². The molecule has 0 aromatic carbocycles. The fourth-order valence-electron chi connectivity index (χ4n) is 2.46. The number of rotatable bonds is 4. The molecule has 2 aromatic rings. The molecule has 0 atom stereocenters. The maximum Gasteiger partial charge on any atom is 0.263 e. The number of nitrogen functional groups attached to an aromatic ring is 1. The second-order valence-electron chi connectivity index (χ2n) is 6.02. The number of nitrogens with one attached hydrogen (secondary N) is 1. The van der Waals surface area contributed by atoms with Crippen molar-refractivity contribution in [1.29, 1.82) is 0 Å². The van der Waals surface area contributed by atoms with Crippen LogP contribution in [0, 0.1) is 13.8 Å². The Balaban J connectivity index is 2.41. The van der Waals surface area contributed by atoms with Crippen LogP contribution in [0.25, 0.3) is 10.2 Å². The topological polar surface area (TPSA) is 80.9 Å². The molecule has 114 valence electrons. The molecule has 6 heteroatoms. The number of nitrogens with two attached hydrogens (primary N) is 1. The highest BCUT2D eigenvalue weighted by molar-refractivity contribution is 7.21. The van der Waals surface area contributed by atoms with E-state index in [-0.39, 0.29) is 11.4 Å². The molecule has 0 aliphatic carbocycles. The van der Waals surface area contributed by atoms with E-state index in [1.165, 1.54) is 11.3 Å². The predicted molar refractivity (Wildman–Crippen MR) is 87.8 cm³/mol. The van der Waals surface area contributed by atoms with Crippen LogP contribution in [0.1, 0.15) is 54.5 Å². The summed E-state index contributed by atoms with van der Waals surface area (Å²) in [7, 11) is 0. The number of carbonyl (C=O) groups excluding carboxylic acids is 1. The molecule has 0 unspecified atom stereocenters. The number of thiophene rings is 1. The Hall–Kier alpha value is -1.69. The predicted octanol–water partition coefficient (Wildman–Crippen LogP) is 3.20. The Bertz CT molecular complexity index is 691. The van der Waals surface area contributed by atoms with Gasteiger partial charge in [0.05, 0.1) is 11.4 Å². The van der Waals surface area contributed by atoms with Crippen molar-refractivity contribution >= 4 is 33.1 Å². The summed E-state index contributed by atoms with van der Waals surface area (Å²) in [6.07, 6.45) is 1.93. The maximum absolute atomic E-state index is 12.5. The minimum atomic E-state index is -0.245. The molecule has 0 radical (unpaired) electrons. The first-order chi connectivity index (χ1) is 9.76. The van der Waals surface area contributed by atoms with Crippen LogP contribution >= 0.6 is 11.3 Å². The van der Waals surface area contributed by atoms with E-state index in [4.69, 9.17) is 5.73 Å². The van der Waals surface area contributed by atoms with Gasteiger partial charge in [0, 0.05) is 10.9 Å². The molecule has 0 spiro atoms. The first kappa shape index (κ1) is 15.7. The number of hydrogen-bond acceptors (Lipinski definition) is 5. The van der Waals surface area contributed by atoms with Crippen LogP contribution in [0.4, 0.5) is 5.69 Å². The fraction of sp³-hybridized carbons (Fsp3) is 0.533. The monoisotopic (exact) mass is 306 g/mol. The Morgan fingerprint density at radius 3 is 2.62 bits per heavy atom. The Kier molecular flexibility index (Phi) is 4.18. The lowest BCUT2D eigenvalue weighted by Crippen LogP contribution is -2.43. The highest BCUT2D eigenvalue weighted by Crippen LogP contribution is 2.35. The van der Waals surface area contributed by atoms with Crippen molar-refractivity contribution in [2.45, 2.75) is 53.0 Å². The molecule has 21 heavy (non-hydrogen) atoms. The van der Waals surface area contributed by atoms with Gasteiger partial charge < -0.3 is 11.1 Å². The van der Waals surface area contributed by atoms with Crippen LogP contribution in [-0.4, -0.2) is 21.6 Å². The van der Waals surface area contributed by atoms with Crippen LogP contribution in [0.2, 0.25) is 0 Å². The zero-order valence-corrected chi connectivity index (χ0v) is 14.0. The fourth-order valence-corrected chi connectivity index (χ4v) is 3.46. The number of hydrogen-bond donors (Lipinski definition) is 2. The largest absolute Gasteiger partial charge is 0.397 e. The summed E-state index contributed by atoms with van der Waals surface area (Å²) in [4.78, 5) is 13.7.